The number of nitrogens with one attached hydrogen (secondary N) is 1. The predicted molar refractivity (Wildman–Crippen MR) is 135 cm³/mol. The lowest BCUT2D eigenvalue weighted by atomic mass is 9.92. The van der Waals surface area contributed by atoms with Crippen LogP contribution >= 0.6 is 23.2 Å². The van der Waals surface area contributed by atoms with Crippen LogP contribution in [0.4, 0.5) is 5.69 Å². The number of halogens is 3. The SMILES string of the molecule is C[N+](C)(Cc1ccc(NC(=O)C2=Cc3cc(Cl)c(Cl)cc3OCC2)cc1)C1CC2CCC1C2.[I-]. The third-order valence-electron chi connectivity index (χ3n) is 7.70. The van der Waals surface area contributed by atoms with Gasteiger partial charge in [-0.15, -0.1) is 0 Å². The highest BCUT2D eigenvalue weighted by Crippen LogP contribution is 2.48. The zero-order valence-corrected chi connectivity index (χ0v) is 23.3. The number of ether oxygens (including phenoxy) is 1. The molecule has 5 rings (SSSR count). The van der Waals surface area contributed by atoms with Crippen LogP contribution < -0.4 is 34.0 Å². The quantitative estimate of drug-likeness (QED) is 0.414. The summed E-state index contributed by atoms with van der Waals surface area (Å²) in [7, 11) is 4.75. The number of fused-ring (bicyclic) bond motifs is 3. The summed E-state index contributed by atoms with van der Waals surface area (Å²) in [6.07, 6.45) is 8.01. The molecule has 2 aromatic rings. The Kier molecular flexibility index (Phi) is 7.87. The van der Waals surface area contributed by atoms with Gasteiger partial charge < -0.3 is 38.5 Å². The molecule has 2 aromatic carbocycles. The Morgan fingerprint density at radius 1 is 1.09 bits per heavy atom. The predicted octanol–water partition coefficient (Wildman–Crippen LogP) is 3.57. The fourth-order valence-corrected chi connectivity index (χ4v) is 6.38. The van der Waals surface area contributed by atoms with Gasteiger partial charge in [0.2, 0.25) is 0 Å². The zero-order chi connectivity index (χ0) is 23.2. The molecule has 0 aromatic heterocycles. The first-order chi connectivity index (χ1) is 15.8. The monoisotopic (exact) mass is 612 g/mol. The minimum absolute atomic E-state index is 0. The molecule has 1 N–H and O–H groups in total. The smallest absolute Gasteiger partial charge is 0.251 e. The molecule has 3 atom stereocenters. The van der Waals surface area contributed by atoms with E-state index in [1.807, 2.05) is 18.2 Å². The summed E-state index contributed by atoms with van der Waals surface area (Å²) in [6.45, 7) is 1.43. The minimum atomic E-state index is -0.122. The summed E-state index contributed by atoms with van der Waals surface area (Å²) in [5.74, 6) is 2.38. The van der Waals surface area contributed by atoms with Gasteiger partial charge in [-0.05, 0) is 49.5 Å². The number of rotatable bonds is 5. The van der Waals surface area contributed by atoms with Crippen molar-refractivity contribution in [2.75, 3.05) is 26.0 Å². The molecule has 2 bridgehead atoms. The Hall–Kier alpha value is -1.28. The van der Waals surface area contributed by atoms with Crippen LogP contribution in [0.25, 0.3) is 6.08 Å². The van der Waals surface area contributed by atoms with Gasteiger partial charge in [0.1, 0.15) is 12.3 Å². The Labute approximate surface area is 229 Å². The number of quaternary nitrogens is 1. The van der Waals surface area contributed by atoms with Gasteiger partial charge in [-0.2, -0.15) is 0 Å². The molecule has 34 heavy (non-hydrogen) atoms. The molecule has 4 nitrogen and oxygen atoms in total. The van der Waals surface area contributed by atoms with Crippen molar-refractivity contribution >= 4 is 40.9 Å². The van der Waals surface area contributed by atoms with Crippen LogP contribution in [0, 0.1) is 11.8 Å². The summed E-state index contributed by atoms with van der Waals surface area (Å²) >= 11 is 12.3. The van der Waals surface area contributed by atoms with Crippen LogP contribution in [0.2, 0.25) is 10.0 Å². The average molecular weight is 613 g/mol. The number of hydrogen-bond donors (Lipinski definition) is 1. The Balaban J connectivity index is 0.00000274. The summed E-state index contributed by atoms with van der Waals surface area (Å²) in [5, 5.41) is 3.92. The normalized spacial score (nSPS) is 23.3. The van der Waals surface area contributed by atoms with Crippen molar-refractivity contribution < 1.29 is 38.0 Å². The van der Waals surface area contributed by atoms with Crippen LogP contribution in [-0.2, 0) is 11.3 Å². The van der Waals surface area contributed by atoms with Crippen LogP contribution in [0.1, 0.15) is 43.2 Å². The van der Waals surface area contributed by atoms with Gasteiger partial charge in [0.05, 0.1) is 36.8 Å². The molecule has 1 amide bonds. The van der Waals surface area contributed by atoms with Gasteiger partial charge in [-0.3, -0.25) is 4.79 Å². The molecule has 3 unspecified atom stereocenters. The molecular formula is C27H31Cl2IN2O2. The first-order valence-corrected chi connectivity index (χ1v) is 12.6. The summed E-state index contributed by atoms with van der Waals surface area (Å²) in [6, 6.07) is 12.5. The molecule has 3 aliphatic rings. The fraction of sp³-hybridized carbons (Fsp3) is 0.444. The van der Waals surface area contributed by atoms with E-state index in [0.717, 1.165) is 40.2 Å². The van der Waals surface area contributed by atoms with Crippen molar-refractivity contribution in [3.63, 3.8) is 0 Å². The molecule has 2 saturated carbocycles. The first kappa shape index (κ1) is 25.8. The highest BCUT2D eigenvalue weighted by molar-refractivity contribution is 6.42. The van der Waals surface area contributed by atoms with Gasteiger partial charge in [0.25, 0.3) is 5.91 Å². The minimum Gasteiger partial charge on any atom is -1.00 e. The maximum Gasteiger partial charge on any atom is 0.251 e. The lowest BCUT2D eigenvalue weighted by Crippen LogP contribution is -3.00. The maximum absolute atomic E-state index is 12.9. The highest BCUT2D eigenvalue weighted by atomic mass is 127. The van der Waals surface area contributed by atoms with Gasteiger partial charge in [0, 0.05) is 47.2 Å². The number of nitrogens with zero attached hydrogens (tertiary/aromatic N) is 1. The van der Waals surface area contributed by atoms with Gasteiger partial charge in [-0.25, -0.2) is 0 Å². The second-order valence-corrected chi connectivity index (χ2v) is 11.2. The first-order valence-electron chi connectivity index (χ1n) is 11.8. The molecule has 1 heterocycles. The van der Waals surface area contributed by atoms with E-state index in [9.17, 15) is 4.79 Å². The Bertz CT molecular complexity index is 1100. The summed E-state index contributed by atoms with van der Waals surface area (Å²) < 4.78 is 6.81. The molecule has 0 radical (unpaired) electrons. The topological polar surface area (TPSA) is 38.3 Å². The number of hydrogen-bond acceptors (Lipinski definition) is 2. The lowest BCUT2D eigenvalue weighted by molar-refractivity contribution is -0.931. The van der Waals surface area contributed by atoms with Crippen molar-refractivity contribution in [2.45, 2.75) is 44.7 Å². The van der Waals surface area contributed by atoms with Gasteiger partial charge in [-0.1, -0.05) is 35.3 Å². The van der Waals surface area contributed by atoms with Gasteiger partial charge in [0.15, 0.2) is 0 Å². The van der Waals surface area contributed by atoms with Crippen molar-refractivity contribution in [3.8, 4) is 5.75 Å². The van der Waals surface area contributed by atoms with E-state index in [-0.39, 0.29) is 29.9 Å². The second-order valence-electron chi connectivity index (χ2n) is 10.4. The van der Waals surface area contributed by atoms with Crippen molar-refractivity contribution in [3.05, 3.63) is 63.1 Å². The number of benzene rings is 2. The maximum atomic E-state index is 12.9. The molecule has 182 valence electrons. The Morgan fingerprint density at radius 2 is 1.82 bits per heavy atom. The second kappa shape index (κ2) is 10.4. The average Bonchev–Trinajstić information content (AvgIpc) is 3.36. The lowest BCUT2D eigenvalue weighted by Gasteiger charge is -2.40. The number of anilines is 1. The van der Waals surface area contributed by atoms with E-state index in [4.69, 9.17) is 27.9 Å². The number of carbonyl (C=O) groups is 1. The standard InChI is InChI=1S/C27H30Cl2N2O2.HI/c1-31(2,25-12-18-3-6-19(25)11-18)16-17-4-7-22(8-5-17)30-27(32)20-9-10-33-26-15-24(29)23(28)14-21(26)13-20;/h4-5,7-8,13-15,18-19,25H,3,6,9-12,16H2,1-2H3;1H. The van der Waals surface area contributed by atoms with E-state index < -0.39 is 0 Å². The number of carbonyl (C=O) groups excluding carboxylic acids is 1. The highest BCUT2D eigenvalue weighted by Gasteiger charge is 2.47. The fourth-order valence-electron chi connectivity index (χ4n) is 6.05. The molecule has 1 aliphatic heterocycles. The molecule has 2 aliphatic carbocycles. The van der Waals surface area contributed by atoms with Gasteiger partial charge >= 0.3 is 0 Å². The largest absolute Gasteiger partial charge is 1.00 e. The van der Waals surface area contributed by atoms with Crippen molar-refractivity contribution in [1.29, 1.82) is 0 Å². The summed E-state index contributed by atoms with van der Waals surface area (Å²) in [4.78, 5) is 12.9. The van der Waals surface area contributed by atoms with Crippen LogP contribution in [0.15, 0.2) is 42.0 Å². The third-order valence-corrected chi connectivity index (χ3v) is 8.43. The van der Waals surface area contributed by atoms with Crippen LogP contribution in [0.3, 0.4) is 0 Å². The van der Waals surface area contributed by atoms with Crippen molar-refractivity contribution in [2.24, 2.45) is 11.8 Å². The van der Waals surface area contributed by atoms with Crippen LogP contribution in [0.5, 0.6) is 5.75 Å². The van der Waals surface area contributed by atoms with E-state index >= 15 is 0 Å². The molecule has 7 heteroatoms. The molecule has 0 spiro atoms. The third kappa shape index (κ3) is 5.43. The molecule has 2 fully saturated rings. The molecular weight excluding hydrogens is 582 g/mol. The van der Waals surface area contributed by atoms with E-state index in [0.29, 0.717) is 34.4 Å². The van der Waals surface area contributed by atoms with Crippen molar-refractivity contribution in [1.82, 2.24) is 0 Å². The Morgan fingerprint density at radius 3 is 2.50 bits per heavy atom. The van der Waals surface area contributed by atoms with E-state index in [2.05, 4.69) is 31.5 Å². The van der Waals surface area contributed by atoms with E-state index in [1.54, 1.807) is 12.1 Å². The summed E-state index contributed by atoms with van der Waals surface area (Å²) in [5.41, 5.74) is 3.53. The van der Waals surface area contributed by atoms with E-state index in [1.165, 1.54) is 31.2 Å². The zero-order valence-electron chi connectivity index (χ0n) is 19.6. The van der Waals surface area contributed by atoms with Crippen LogP contribution in [-0.4, -0.2) is 37.1 Å². The molecule has 0 saturated heterocycles. The number of amides is 1.